The summed E-state index contributed by atoms with van der Waals surface area (Å²) in [4.78, 5) is 0. The number of aromatic nitrogens is 1. The molecule has 0 amide bonds. The van der Waals surface area contributed by atoms with Gasteiger partial charge in [-0.15, -0.1) is 0 Å². The van der Waals surface area contributed by atoms with E-state index in [9.17, 15) is 10.5 Å². The molecule has 2 heterocycles. The number of hydrogen-bond acceptors (Lipinski definition) is 3. The third-order valence-corrected chi connectivity index (χ3v) is 19.9. The average molecular weight is 1220 g/mol. The molecule has 4 nitrogen and oxygen atoms in total. The third-order valence-electron chi connectivity index (χ3n) is 19.9. The van der Waals surface area contributed by atoms with E-state index in [1.807, 2.05) is 36.4 Å². The van der Waals surface area contributed by atoms with Gasteiger partial charge < -0.3 is 8.98 Å². The Balaban J connectivity index is 0.000000138. The minimum atomic E-state index is 0.635. The van der Waals surface area contributed by atoms with Gasteiger partial charge in [-0.2, -0.15) is 10.5 Å². The molecule has 0 bridgehead atoms. The van der Waals surface area contributed by atoms with Gasteiger partial charge in [-0.3, -0.25) is 0 Å². The highest BCUT2D eigenvalue weighted by Gasteiger charge is 2.19. The summed E-state index contributed by atoms with van der Waals surface area (Å²) in [6.45, 7) is 0. The van der Waals surface area contributed by atoms with E-state index in [1.165, 1.54) is 120 Å². The molecule has 0 aliphatic carbocycles. The van der Waals surface area contributed by atoms with Crippen molar-refractivity contribution in [1.82, 2.24) is 4.57 Å². The molecule has 442 valence electrons. The molecule has 0 atom stereocenters. The van der Waals surface area contributed by atoms with E-state index in [1.54, 1.807) is 6.07 Å². The fourth-order valence-corrected chi connectivity index (χ4v) is 15.2. The minimum absolute atomic E-state index is 0.635. The monoisotopic (exact) mass is 1220 g/mol. The van der Waals surface area contributed by atoms with Gasteiger partial charge in [0.05, 0.1) is 34.3 Å². The molecule has 0 spiro atoms. The molecule has 96 heavy (non-hydrogen) atoms. The number of benzene rings is 18. The van der Waals surface area contributed by atoms with Crippen molar-refractivity contribution in [2.45, 2.75) is 0 Å². The van der Waals surface area contributed by atoms with E-state index in [0.717, 1.165) is 71.7 Å². The fourth-order valence-electron chi connectivity index (χ4n) is 15.2. The van der Waals surface area contributed by atoms with Crippen LogP contribution in [0.15, 0.2) is 326 Å². The van der Waals surface area contributed by atoms with Gasteiger partial charge >= 0.3 is 0 Å². The number of rotatable bonds is 7. The maximum atomic E-state index is 9.63. The summed E-state index contributed by atoms with van der Waals surface area (Å²) in [7, 11) is 0. The highest BCUT2D eigenvalue weighted by Crippen LogP contribution is 2.44. The lowest BCUT2D eigenvalue weighted by Crippen LogP contribution is -1.93. The molecule has 2 aromatic heterocycles. The van der Waals surface area contributed by atoms with Gasteiger partial charge in [0.1, 0.15) is 11.2 Å². The van der Waals surface area contributed by atoms with E-state index in [-0.39, 0.29) is 0 Å². The zero-order valence-electron chi connectivity index (χ0n) is 51.8. The fraction of sp³-hybridized carbons (Fsp3) is 0. The molecule has 18 aromatic carbocycles. The van der Waals surface area contributed by atoms with E-state index < -0.39 is 0 Å². The van der Waals surface area contributed by atoms with Crippen LogP contribution in [0, 0.1) is 22.7 Å². The second-order valence-electron chi connectivity index (χ2n) is 25.4. The Kier molecular flexibility index (Phi) is 12.4. The first-order valence-electron chi connectivity index (χ1n) is 32.5. The van der Waals surface area contributed by atoms with Gasteiger partial charge in [-0.1, -0.05) is 200 Å². The summed E-state index contributed by atoms with van der Waals surface area (Å²) in [5, 5.41) is 41.2. The van der Waals surface area contributed by atoms with Crippen LogP contribution in [0.5, 0.6) is 0 Å². The van der Waals surface area contributed by atoms with Crippen LogP contribution < -0.4 is 0 Å². The second-order valence-corrected chi connectivity index (χ2v) is 25.4. The Morgan fingerprint density at radius 3 is 1.07 bits per heavy atom. The van der Waals surface area contributed by atoms with Crippen molar-refractivity contribution in [2.24, 2.45) is 0 Å². The zero-order chi connectivity index (χ0) is 63.5. The van der Waals surface area contributed by atoms with Crippen molar-refractivity contribution in [2.75, 3.05) is 0 Å². The molecule has 0 unspecified atom stereocenters. The number of hydrogen-bond donors (Lipinski definition) is 0. The van der Waals surface area contributed by atoms with Crippen LogP contribution in [0.1, 0.15) is 11.1 Å². The maximum Gasteiger partial charge on any atom is 0.135 e. The molecular weight excluding hydrogens is 1160 g/mol. The first-order valence-corrected chi connectivity index (χ1v) is 32.5. The molecule has 20 aromatic rings. The average Bonchev–Trinajstić information content (AvgIpc) is 1.05. The number of para-hydroxylation sites is 1. The largest absolute Gasteiger partial charge is 0.456 e. The van der Waals surface area contributed by atoms with Gasteiger partial charge in [0.15, 0.2) is 0 Å². The quantitative estimate of drug-likeness (QED) is 0.149. The lowest BCUT2D eigenvalue weighted by Gasteiger charge is -2.15. The summed E-state index contributed by atoms with van der Waals surface area (Å²) >= 11 is 0. The van der Waals surface area contributed by atoms with Gasteiger partial charge in [-0.05, 0) is 263 Å². The summed E-state index contributed by atoms with van der Waals surface area (Å²) in [6, 6.07) is 120. The number of nitrogens with zero attached hydrogens (tertiary/aromatic N) is 3. The summed E-state index contributed by atoms with van der Waals surface area (Å²) in [5.74, 6) is 0. The molecular formula is C92H53N3O. The van der Waals surface area contributed by atoms with Crippen molar-refractivity contribution in [3.63, 3.8) is 0 Å². The Morgan fingerprint density at radius 1 is 0.219 bits per heavy atom. The van der Waals surface area contributed by atoms with Crippen LogP contribution in [0.25, 0.3) is 192 Å². The predicted octanol–water partition coefficient (Wildman–Crippen LogP) is 25.1. The van der Waals surface area contributed by atoms with Gasteiger partial charge in [0, 0.05) is 27.2 Å². The van der Waals surface area contributed by atoms with Crippen molar-refractivity contribution in [1.29, 1.82) is 10.5 Å². The normalized spacial score (nSPS) is 11.7. The lowest BCUT2D eigenvalue weighted by atomic mass is 9.89. The van der Waals surface area contributed by atoms with Crippen molar-refractivity contribution in [3.8, 4) is 84.6 Å². The number of fused-ring (bicyclic) bond motifs is 7. The van der Waals surface area contributed by atoms with E-state index >= 15 is 0 Å². The molecule has 0 aliphatic heterocycles. The number of furan rings is 1. The number of nitriles is 2. The summed E-state index contributed by atoms with van der Waals surface area (Å²) < 4.78 is 8.32. The first-order chi connectivity index (χ1) is 47.4. The molecule has 0 saturated heterocycles. The first kappa shape index (κ1) is 54.6. The lowest BCUT2D eigenvalue weighted by molar-refractivity contribution is 0.669. The molecule has 0 saturated carbocycles. The Labute approximate surface area is 552 Å². The smallest absolute Gasteiger partial charge is 0.135 e. The second kappa shape index (κ2) is 21.8. The van der Waals surface area contributed by atoms with Crippen LogP contribution >= 0.6 is 0 Å². The minimum Gasteiger partial charge on any atom is -0.456 e. The maximum absolute atomic E-state index is 9.63. The van der Waals surface area contributed by atoms with Crippen LogP contribution in [0.2, 0.25) is 0 Å². The summed E-state index contributed by atoms with van der Waals surface area (Å²) in [5.41, 5.74) is 20.6. The molecule has 0 radical (unpaired) electrons. The molecule has 0 N–H and O–H groups in total. The Hall–Kier alpha value is -13.1. The Bertz CT molecular complexity index is 6490. The van der Waals surface area contributed by atoms with Gasteiger partial charge in [-0.25, -0.2) is 0 Å². The van der Waals surface area contributed by atoms with Crippen molar-refractivity contribution >= 4 is 119 Å². The highest BCUT2D eigenvalue weighted by atomic mass is 16.3. The highest BCUT2D eigenvalue weighted by molar-refractivity contribution is 6.26. The van der Waals surface area contributed by atoms with E-state index in [4.69, 9.17) is 4.42 Å². The van der Waals surface area contributed by atoms with E-state index in [0.29, 0.717) is 11.1 Å². The van der Waals surface area contributed by atoms with Gasteiger partial charge in [0.25, 0.3) is 0 Å². The predicted molar refractivity (Wildman–Crippen MR) is 401 cm³/mol. The molecule has 0 fully saturated rings. The molecule has 4 heteroatoms. The summed E-state index contributed by atoms with van der Waals surface area (Å²) in [6.07, 6.45) is 0. The van der Waals surface area contributed by atoms with Crippen LogP contribution in [0.3, 0.4) is 0 Å². The van der Waals surface area contributed by atoms with Crippen LogP contribution in [-0.2, 0) is 0 Å². The third kappa shape index (κ3) is 9.04. The topological polar surface area (TPSA) is 65.7 Å². The van der Waals surface area contributed by atoms with Gasteiger partial charge in [0.2, 0.25) is 0 Å². The SMILES string of the molecule is N#Cc1ccc2c(c1)c1ccc(-c3ccc(-c4cc5ccc6cc(-c7ccc8ccccc8c7)cc7ccc(c4)c5c67)cc3)cc1n2-c1ccccc1.N#Cc1ccc2oc3ccc(-c4ccc(-c5cc6ccc7cc(-c8ccccc8)cc8ccc(c5)c6c78)cc4)cc3c2c1. The Morgan fingerprint density at radius 2 is 0.562 bits per heavy atom. The van der Waals surface area contributed by atoms with E-state index in [2.05, 4.69) is 296 Å². The zero-order valence-corrected chi connectivity index (χ0v) is 51.8. The molecule has 0 aliphatic rings. The standard InChI is InChI=1S/C51H30N2.C41H23NO/c52-31-32-10-23-48-47(24-32)46-22-21-38(30-49(46)53(48)45-8-2-1-3-9-45)34-11-13-35(14-12-34)43-26-39-17-19-41-28-44(29-42-20-18-40(27-43)50(39)51(41)42)37-16-15-33-6-4-5-7-36(33)25-37;42-24-25-6-16-38-36(18-25)37-23-29(15-17-39(37)43-38)27-7-9-28(10-8-27)35-21-32-13-11-30-19-34(26-4-2-1-3-5-26)20-31-12-14-33(22-35)41(32)40(30)31/h1-30H;1-23H. The van der Waals surface area contributed by atoms with Crippen LogP contribution in [-0.4, -0.2) is 4.57 Å². The van der Waals surface area contributed by atoms with Crippen molar-refractivity contribution < 1.29 is 4.42 Å². The molecule has 20 rings (SSSR count). The van der Waals surface area contributed by atoms with Crippen molar-refractivity contribution in [3.05, 3.63) is 333 Å². The van der Waals surface area contributed by atoms with Crippen LogP contribution in [0.4, 0.5) is 0 Å².